The van der Waals surface area contributed by atoms with Crippen molar-refractivity contribution >= 4 is 17.9 Å². The fourth-order valence-electron chi connectivity index (χ4n) is 3.06. The lowest BCUT2D eigenvalue weighted by Crippen LogP contribution is -2.22. The molecule has 0 saturated carbocycles. The zero-order chi connectivity index (χ0) is 21.6. The number of hydrogen-bond acceptors (Lipinski definition) is 6. The van der Waals surface area contributed by atoms with Crippen molar-refractivity contribution in [3.63, 3.8) is 0 Å². The third-order valence-electron chi connectivity index (χ3n) is 4.62. The van der Waals surface area contributed by atoms with E-state index in [4.69, 9.17) is 9.84 Å². The Kier molecular flexibility index (Phi) is 5.75. The summed E-state index contributed by atoms with van der Waals surface area (Å²) < 4.78 is 7.03. The van der Waals surface area contributed by atoms with Crippen molar-refractivity contribution in [3.8, 4) is 22.7 Å². The standard InChI is InChI=1S/C24H20N4O3/c1-31-22-12-10-17(11-13-22)23-19(16-28(27-23)21-8-3-2-4-9-21)15-25-26-20-7-5-6-18(14-20)24(29)30/h2-16,26H,1H3,(H,29,30)/p-1/b25-15-. The van der Waals surface area contributed by atoms with Crippen LogP contribution in [0.1, 0.15) is 15.9 Å². The van der Waals surface area contributed by atoms with Gasteiger partial charge in [-0.25, -0.2) is 4.68 Å². The summed E-state index contributed by atoms with van der Waals surface area (Å²) in [6.07, 6.45) is 3.54. The predicted octanol–water partition coefficient (Wildman–Crippen LogP) is 3.36. The molecule has 4 aromatic rings. The number of nitrogens with zero attached hydrogens (tertiary/aromatic N) is 3. The van der Waals surface area contributed by atoms with Crippen molar-refractivity contribution in [2.75, 3.05) is 12.5 Å². The van der Waals surface area contributed by atoms with Gasteiger partial charge >= 0.3 is 0 Å². The van der Waals surface area contributed by atoms with E-state index in [2.05, 4.69) is 10.5 Å². The number of methoxy groups -OCH3 is 1. The first-order valence-corrected chi connectivity index (χ1v) is 9.54. The predicted molar refractivity (Wildman–Crippen MR) is 118 cm³/mol. The number of rotatable bonds is 7. The van der Waals surface area contributed by atoms with Crippen molar-refractivity contribution in [2.45, 2.75) is 0 Å². The van der Waals surface area contributed by atoms with E-state index < -0.39 is 5.97 Å². The number of nitrogens with one attached hydrogen (secondary N) is 1. The van der Waals surface area contributed by atoms with Gasteiger partial charge < -0.3 is 14.6 Å². The van der Waals surface area contributed by atoms with E-state index in [9.17, 15) is 9.90 Å². The number of hydrazone groups is 1. The first kappa shape index (κ1) is 19.9. The number of carboxylic acid groups (broad SMARTS) is 1. The minimum Gasteiger partial charge on any atom is -0.545 e. The normalized spacial score (nSPS) is 10.9. The molecule has 3 aromatic carbocycles. The smallest absolute Gasteiger partial charge is 0.118 e. The molecule has 0 saturated heterocycles. The maximum absolute atomic E-state index is 11.0. The molecular weight excluding hydrogens is 392 g/mol. The third kappa shape index (κ3) is 4.62. The number of ether oxygens (including phenoxy) is 1. The molecular formula is C24H19N4O3-. The Morgan fingerprint density at radius 2 is 1.84 bits per heavy atom. The lowest BCUT2D eigenvalue weighted by atomic mass is 10.1. The van der Waals surface area contributed by atoms with Crippen LogP contribution in [-0.2, 0) is 0 Å². The quantitative estimate of drug-likeness (QED) is 0.372. The molecule has 0 unspecified atom stereocenters. The molecule has 1 heterocycles. The van der Waals surface area contributed by atoms with Gasteiger partial charge in [0.25, 0.3) is 0 Å². The van der Waals surface area contributed by atoms with Gasteiger partial charge in [0.2, 0.25) is 0 Å². The number of para-hydroxylation sites is 1. The van der Waals surface area contributed by atoms with Crippen LogP contribution in [0.5, 0.6) is 5.75 Å². The summed E-state index contributed by atoms with van der Waals surface area (Å²) in [5.41, 5.74) is 6.85. The molecule has 7 heteroatoms. The molecule has 0 amide bonds. The zero-order valence-electron chi connectivity index (χ0n) is 16.7. The molecule has 154 valence electrons. The Labute approximate surface area is 179 Å². The fourth-order valence-corrected chi connectivity index (χ4v) is 3.06. The van der Waals surface area contributed by atoms with Gasteiger partial charge in [-0.15, -0.1) is 0 Å². The van der Waals surface area contributed by atoms with Crippen LogP contribution >= 0.6 is 0 Å². The minimum absolute atomic E-state index is 0.0796. The number of carbonyl (C=O) groups is 1. The summed E-state index contributed by atoms with van der Waals surface area (Å²) in [5.74, 6) is -0.477. The van der Waals surface area contributed by atoms with Crippen LogP contribution in [0.15, 0.2) is 90.2 Å². The van der Waals surface area contributed by atoms with Gasteiger partial charge in [0.05, 0.1) is 30.7 Å². The van der Waals surface area contributed by atoms with Gasteiger partial charge in [-0.05, 0) is 54.1 Å². The van der Waals surface area contributed by atoms with E-state index in [-0.39, 0.29) is 5.56 Å². The minimum atomic E-state index is -1.24. The van der Waals surface area contributed by atoms with Crippen molar-refractivity contribution in [1.82, 2.24) is 9.78 Å². The summed E-state index contributed by atoms with van der Waals surface area (Å²) in [5, 5.41) is 20.0. The van der Waals surface area contributed by atoms with Crippen LogP contribution in [0.3, 0.4) is 0 Å². The Morgan fingerprint density at radius 1 is 1.06 bits per heavy atom. The van der Waals surface area contributed by atoms with Crippen LogP contribution in [0, 0.1) is 0 Å². The average molecular weight is 411 g/mol. The number of carboxylic acids is 1. The van der Waals surface area contributed by atoms with E-state index in [0.29, 0.717) is 5.69 Å². The number of benzene rings is 3. The molecule has 0 aliphatic heterocycles. The first-order chi connectivity index (χ1) is 15.1. The van der Waals surface area contributed by atoms with Crippen LogP contribution in [0.2, 0.25) is 0 Å². The largest absolute Gasteiger partial charge is 0.545 e. The molecule has 0 atom stereocenters. The van der Waals surface area contributed by atoms with Crippen LogP contribution in [0.4, 0.5) is 5.69 Å². The number of aromatic nitrogens is 2. The van der Waals surface area contributed by atoms with E-state index in [1.54, 1.807) is 30.1 Å². The number of carbonyl (C=O) groups excluding carboxylic acids is 1. The van der Waals surface area contributed by atoms with E-state index >= 15 is 0 Å². The van der Waals surface area contributed by atoms with E-state index in [1.165, 1.54) is 12.1 Å². The molecule has 0 fully saturated rings. The molecule has 1 N–H and O–H groups in total. The highest BCUT2D eigenvalue weighted by Crippen LogP contribution is 2.25. The second kappa shape index (κ2) is 8.96. The second-order valence-corrected chi connectivity index (χ2v) is 6.68. The summed E-state index contributed by atoms with van der Waals surface area (Å²) >= 11 is 0. The van der Waals surface area contributed by atoms with Crippen LogP contribution in [0.25, 0.3) is 16.9 Å². The van der Waals surface area contributed by atoms with Crippen LogP contribution < -0.4 is 15.3 Å². The van der Waals surface area contributed by atoms with Gasteiger partial charge in [0.15, 0.2) is 0 Å². The summed E-state index contributed by atoms with van der Waals surface area (Å²) in [7, 11) is 1.62. The first-order valence-electron chi connectivity index (χ1n) is 9.54. The lowest BCUT2D eigenvalue weighted by molar-refractivity contribution is -0.255. The second-order valence-electron chi connectivity index (χ2n) is 6.68. The van der Waals surface area contributed by atoms with Crippen LogP contribution in [-0.4, -0.2) is 29.1 Å². The molecule has 0 spiro atoms. The summed E-state index contributed by atoms with van der Waals surface area (Å²) in [6.45, 7) is 0. The molecule has 0 bridgehead atoms. The molecule has 0 aliphatic carbocycles. The summed E-state index contributed by atoms with van der Waals surface area (Å²) in [6, 6.07) is 23.7. The molecule has 4 rings (SSSR count). The van der Waals surface area contributed by atoms with Gasteiger partial charge in [-0.3, -0.25) is 5.43 Å². The monoisotopic (exact) mass is 411 g/mol. The molecule has 1 aromatic heterocycles. The van der Waals surface area contributed by atoms with Crippen molar-refractivity contribution < 1.29 is 14.6 Å². The zero-order valence-corrected chi connectivity index (χ0v) is 16.7. The Balaban J connectivity index is 1.66. The maximum atomic E-state index is 11.0. The van der Waals surface area contributed by atoms with E-state index in [0.717, 1.165) is 28.3 Å². The van der Waals surface area contributed by atoms with Gasteiger partial charge in [0.1, 0.15) is 11.4 Å². The highest BCUT2D eigenvalue weighted by molar-refractivity contribution is 5.90. The molecule has 31 heavy (non-hydrogen) atoms. The lowest BCUT2D eigenvalue weighted by Gasteiger charge is -2.05. The third-order valence-corrected chi connectivity index (χ3v) is 4.62. The van der Waals surface area contributed by atoms with E-state index in [1.807, 2.05) is 60.8 Å². The molecule has 7 nitrogen and oxygen atoms in total. The highest BCUT2D eigenvalue weighted by atomic mass is 16.5. The molecule has 0 radical (unpaired) electrons. The fraction of sp³-hybridized carbons (Fsp3) is 0.0417. The molecule has 0 aliphatic rings. The Hall–Kier alpha value is -4.39. The van der Waals surface area contributed by atoms with Gasteiger partial charge in [-0.1, -0.05) is 30.3 Å². The van der Waals surface area contributed by atoms with Crippen molar-refractivity contribution in [2.24, 2.45) is 5.10 Å². The average Bonchev–Trinajstić information content (AvgIpc) is 3.24. The number of hydrogen-bond donors (Lipinski definition) is 1. The van der Waals surface area contributed by atoms with Crippen molar-refractivity contribution in [1.29, 1.82) is 0 Å². The number of aromatic carboxylic acids is 1. The maximum Gasteiger partial charge on any atom is 0.118 e. The van der Waals surface area contributed by atoms with Gasteiger partial charge in [0, 0.05) is 17.3 Å². The number of anilines is 1. The topological polar surface area (TPSA) is 91.6 Å². The highest BCUT2D eigenvalue weighted by Gasteiger charge is 2.11. The Morgan fingerprint density at radius 3 is 2.55 bits per heavy atom. The SMILES string of the molecule is COc1ccc(-c2nn(-c3ccccc3)cc2/C=N\Nc2cccc(C(=O)[O-])c2)cc1. The Bertz CT molecular complexity index is 1220. The van der Waals surface area contributed by atoms with Crippen molar-refractivity contribution in [3.05, 3.63) is 96.2 Å². The summed E-state index contributed by atoms with van der Waals surface area (Å²) in [4.78, 5) is 11.0. The van der Waals surface area contributed by atoms with Gasteiger partial charge in [-0.2, -0.15) is 10.2 Å².